The molecule has 2 unspecified atom stereocenters. The Balaban J connectivity index is 1.99. The first-order chi connectivity index (χ1) is 6.84. The van der Waals surface area contributed by atoms with Crippen molar-refractivity contribution in [2.45, 2.75) is 52.0 Å². The first-order valence-electron chi connectivity index (χ1n) is 6.15. The van der Waals surface area contributed by atoms with Crippen molar-refractivity contribution in [3.63, 3.8) is 0 Å². The summed E-state index contributed by atoms with van der Waals surface area (Å²) < 4.78 is 0. The van der Waals surface area contributed by atoms with Gasteiger partial charge in [0.05, 0.1) is 0 Å². The minimum absolute atomic E-state index is 0.811. The van der Waals surface area contributed by atoms with Crippen LogP contribution in [0, 0.1) is 5.92 Å². The van der Waals surface area contributed by atoms with Crippen molar-refractivity contribution in [2.24, 2.45) is 5.92 Å². The van der Waals surface area contributed by atoms with E-state index >= 15 is 0 Å². The lowest BCUT2D eigenvalue weighted by atomic mass is 9.86. The van der Waals surface area contributed by atoms with E-state index in [4.69, 9.17) is 0 Å². The first kappa shape index (κ1) is 12.4. The summed E-state index contributed by atoms with van der Waals surface area (Å²) in [6, 6.07) is 0.811. The van der Waals surface area contributed by atoms with Crippen LogP contribution in [0.2, 0.25) is 0 Å². The van der Waals surface area contributed by atoms with Crippen LogP contribution in [-0.4, -0.2) is 24.1 Å². The van der Waals surface area contributed by atoms with E-state index in [0.717, 1.165) is 12.0 Å². The van der Waals surface area contributed by atoms with Crippen molar-refractivity contribution in [3.05, 3.63) is 0 Å². The Morgan fingerprint density at radius 3 is 2.71 bits per heavy atom. The second kappa shape index (κ2) is 7.58. The summed E-state index contributed by atoms with van der Waals surface area (Å²) >= 11 is 2.08. The Morgan fingerprint density at radius 2 is 2.00 bits per heavy atom. The summed E-state index contributed by atoms with van der Waals surface area (Å²) in [5.41, 5.74) is 0. The molecule has 0 bridgehead atoms. The highest BCUT2D eigenvalue weighted by molar-refractivity contribution is 7.99. The number of hydrogen-bond donors (Lipinski definition) is 1. The van der Waals surface area contributed by atoms with Gasteiger partial charge in [0.1, 0.15) is 0 Å². The van der Waals surface area contributed by atoms with Gasteiger partial charge >= 0.3 is 0 Å². The molecule has 1 aliphatic rings. The van der Waals surface area contributed by atoms with Crippen LogP contribution in [0.3, 0.4) is 0 Å². The SMILES string of the molecule is CCCSCCNC1CCCCC1C. The summed E-state index contributed by atoms with van der Waals surface area (Å²) in [6.45, 7) is 5.86. The standard InChI is InChI=1S/C12H25NS/c1-3-9-14-10-8-13-12-7-5-4-6-11(12)2/h11-13H,3-10H2,1-2H3. The van der Waals surface area contributed by atoms with Gasteiger partial charge in [0, 0.05) is 18.3 Å². The molecule has 1 fully saturated rings. The fourth-order valence-corrected chi connectivity index (χ4v) is 2.94. The molecule has 84 valence electrons. The van der Waals surface area contributed by atoms with Gasteiger partial charge in [-0.3, -0.25) is 0 Å². The maximum Gasteiger partial charge on any atom is 0.00930 e. The van der Waals surface area contributed by atoms with Crippen LogP contribution in [0.25, 0.3) is 0 Å². The van der Waals surface area contributed by atoms with Crippen LogP contribution in [0.5, 0.6) is 0 Å². The molecule has 2 heteroatoms. The fraction of sp³-hybridized carbons (Fsp3) is 1.00. The molecule has 0 aromatic heterocycles. The molecule has 0 saturated heterocycles. The average molecular weight is 215 g/mol. The minimum Gasteiger partial charge on any atom is -0.313 e. The van der Waals surface area contributed by atoms with Crippen LogP contribution in [0.1, 0.15) is 46.0 Å². The lowest BCUT2D eigenvalue weighted by Gasteiger charge is -2.29. The van der Waals surface area contributed by atoms with Crippen LogP contribution in [-0.2, 0) is 0 Å². The summed E-state index contributed by atoms with van der Waals surface area (Å²) in [6.07, 6.45) is 7.03. The Hall–Kier alpha value is 0.310. The summed E-state index contributed by atoms with van der Waals surface area (Å²) in [5, 5.41) is 3.71. The normalized spacial score (nSPS) is 27.9. The zero-order valence-electron chi connectivity index (χ0n) is 9.72. The smallest absolute Gasteiger partial charge is 0.00930 e. The molecule has 14 heavy (non-hydrogen) atoms. The van der Waals surface area contributed by atoms with Crippen molar-refractivity contribution in [1.82, 2.24) is 5.32 Å². The van der Waals surface area contributed by atoms with Crippen molar-refractivity contribution < 1.29 is 0 Å². The first-order valence-corrected chi connectivity index (χ1v) is 7.31. The lowest BCUT2D eigenvalue weighted by Crippen LogP contribution is -2.38. The summed E-state index contributed by atoms with van der Waals surface area (Å²) in [7, 11) is 0. The topological polar surface area (TPSA) is 12.0 Å². The number of nitrogens with one attached hydrogen (secondary N) is 1. The maximum atomic E-state index is 3.71. The van der Waals surface area contributed by atoms with Gasteiger partial charge in [-0.15, -0.1) is 0 Å². The zero-order chi connectivity index (χ0) is 10.2. The van der Waals surface area contributed by atoms with Gasteiger partial charge in [-0.2, -0.15) is 11.8 Å². The third-order valence-electron chi connectivity index (χ3n) is 3.11. The molecule has 0 radical (unpaired) electrons. The van der Waals surface area contributed by atoms with E-state index in [-0.39, 0.29) is 0 Å². The largest absolute Gasteiger partial charge is 0.313 e. The molecule has 0 amide bonds. The van der Waals surface area contributed by atoms with Crippen molar-refractivity contribution in [3.8, 4) is 0 Å². The third kappa shape index (κ3) is 4.70. The molecule has 2 atom stereocenters. The highest BCUT2D eigenvalue weighted by Crippen LogP contribution is 2.23. The van der Waals surface area contributed by atoms with E-state index in [2.05, 4.69) is 30.9 Å². The molecule has 0 aromatic carbocycles. The van der Waals surface area contributed by atoms with Gasteiger partial charge in [-0.1, -0.05) is 26.7 Å². The van der Waals surface area contributed by atoms with Crippen molar-refractivity contribution in [2.75, 3.05) is 18.1 Å². The van der Waals surface area contributed by atoms with E-state index in [0.29, 0.717) is 0 Å². The van der Waals surface area contributed by atoms with Gasteiger partial charge < -0.3 is 5.32 Å². The Kier molecular flexibility index (Phi) is 6.70. The van der Waals surface area contributed by atoms with E-state index < -0.39 is 0 Å². The van der Waals surface area contributed by atoms with E-state index in [1.165, 1.54) is 50.2 Å². The molecule has 0 aliphatic heterocycles. The van der Waals surface area contributed by atoms with Crippen LogP contribution >= 0.6 is 11.8 Å². The molecule has 1 rings (SSSR count). The predicted molar refractivity (Wildman–Crippen MR) is 67.0 cm³/mol. The molecule has 1 nitrogen and oxygen atoms in total. The Bertz CT molecular complexity index is 138. The number of rotatable bonds is 6. The molecule has 1 aliphatic carbocycles. The molecule has 0 heterocycles. The van der Waals surface area contributed by atoms with E-state index in [1.807, 2.05) is 0 Å². The average Bonchev–Trinajstić information content (AvgIpc) is 2.20. The van der Waals surface area contributed by atoms with Gasteiger partial charge in [-0.05, 0) is 30.9 Å². The van der Waals surface area contributed by atoms with Crippen LogP contribution in [0.15, 0.2) is 0 Å². The van der Waals surface area contributed by atoms with Crippen LogP contribution in [0.4, 0.5) is 0 Å². The molecule has 0 spiro atoms. The van der Waals surface area contributed by atoms with E-state index in [1.54, 1.807) is 0 Å². The second-order valence-corrected chi connectivity index (χ2v) is 5.66. The lowest BCUT2D eigenvalue weighted by molar-refractivity contribution is 0.285. The summed E-state index contributed by atoms with van der Waals surface area (Å²) in [4.78, 5) is 0. The van der Waals surface area contributed by atoms with Crippen molar-refractivity contribution >= 4 is 11.8 Å². The predicted octanol–water partition coefficient (Wildman–Crippen LogP) is 3.30. The monoisotopic (exact) mass is 215 g/mol. The van der Waals surface area contributed by atoms with Crippen LogP contribution < -0.4 is 5.32 Å². The van der Waals surface area contributed by atoms with Gasteiger partial charge in [0.15, 0.2) is 0 Å². The van der Waals surface area contributed by atoms with Crippen molar-refractivity contribution in [1.29, 1.82) is 0 Å². The molecular formula is C12H25NS. The molecule has 1 saturated carbocycles. The molecule has 1 N–H and O–H groups in total. The number of hydrogen-bond acceptors (Lipinski definition) is 2. The Labute approximate surface area is 93.4 Å². The van der Waals surface area contributed by atoms with Gasteiger partial charge in [0.25, 0.3) is 0 Å². The third-order valence-corrected chi connectivity index (χ3v) is 4.30. The quantitative estimate of drug-likeness (QED) is 0.682. The zero-order valence-corrected chi connectivity index (χ0v) is 10.5. The van der Waals surface area contributed by atoms with E-state index in [9.17, 15) is 0 Å². The highest BCUT2D eigenvalue weighted by Gasteiger charge is 2.19. The maximum absolute atomic E-state index is 3.71. The van der Waals surface area contributed by atoms with Gasteiger partial charge in [-0.25, -0.2) is 0 Å². The Morgan fingerprint density at radius 1 is 1.21 bits per heavy atom. The minimum atomic E-state index is 0.811. The van der Waals surface area contributed by atoms with Gasteiger partial charge in [0.2, 0.25) is 0 Å². The molecular weight excluding hydrogens is 190 g/mol. The fourth-order valence-electron chi connectivity index (χ4n) is 2.18. The molecule has 0 aromatic rings. The number of thioether (sulfide) groups is 1. The second-order valence-electron chi connectivity index (χ2n) is 4.43. The summed E-state index contributed by atoms with van der Waals surface area (Å²) in [5.74, 6) is 3.51. The highest BCUT2D eigenvalue weighted by atomic mass is 32.2.